The summed E-state index contributed by atoms with van der Waals surface area (Å²) in [7, 11) is 1.82. The Balaban J connectivity index is 1.95. The van der Waals surface area contributed by atoms with Gasteiger partial charge in [0.1, 0.15) is 11.3 Å². The molecular formula is C21H22F2N6O. The van der Waals surface area contributed by atoms with Crippen LogP contribution in [0.3, 0.4) is 0 Å². The summed E-state index contributed by atoms with van der Waals surface area (Å²) in [6, 6.07) is 4.78. The molecule has 4 rings (SSSR count). The summed E-state index contributed by atoms with van der Waals surface area (Å²) in [5, 5.41) is 14.5. The monoisotopic (exact) mass is 412 g/mol. The maximum atomic E-state index is 13.4. The van der Waals surface area contributed by atoms with E-state index in [1.54, 1.807) is 39.8 Å². The van der Waals surface area contributed by atoms with Gasteiger partial charge in [-0.2, -0.15) is 5.10 Å². The van der Waals surface area contributed by atoms with Crippen molar-refractivity contribution in [3.05, 3.63) is 53.5 Å². The SMILES string of the molecule is Cc1ccc(C(C)(O)C(F)F)cc1-c1cnc2c(N)nc(-c3c(C)cnn3C)cn12. The standard InChI is InChI=1S/C21H22F2N6O/c1-11-5-6-13(21(3,30)20(22)23)7-14(11)16-9-25-19-18(24)27-15(10-29(16)19)17-12(2)8-26-28(17)4/h5-10,20,30H,1-4H3,(H2,24,27). The van der Waals surface area contributed by atoms with Crippen LogP contribution in [0.15, 0.2) is 36.8 Å². The maximum Gasteiger partial charge on any atom is 0.270 e. The van der Waals surface area contributed by atoms with Crippen LogP contribution in [0.4, 0.5) is 14.6 Å². The van der Waals surface area contributed by atoms with Crippen LogP contribution in [-0.4, -0.2) is 35.7 Å². The molecule has 3 heterocycles. The molecule has 0 fully saturated rings. The summed E-state index contributed by atoms with van der Waals surface area (Å²) in [6.07, 6.45) is 2.24. The molecule has 30 heavy (non-hydrogen) atoms. The van der Waals surface area contributed by atoms with Crippen LogP contribution in [0.25, 0.3) is 28.3 Å². The normalized spacial score (nSPS) is 13.9. The summed E-state index contributed by atoms with van der Waals surface area (Å²) in [5.41, 5.74) is 9.03. The minimum absolute atomic E-state index is 0.123. The Bertz CT molecular complexity index is 1240. The molecule has 0 aliphatic heterocycles. The zero-order chi connectivity index (χ0) is 21.8. The number of hydrogen-bond acceptors (Lipinski definition) is 5. The Morgan fingerprint density at radius 3 is 2.53 bits per heavy atom. The van der Waals surface area contributed by atoms with E-state index in [4.69, 9.17) is 5.73 Å². The van der Waals surface area contributed by atoms with Gasteiger partial charge in [-0.05, 0) is 43.5 Å². The fourth-order valence-electron chi connectivity index (χ4n) is 3.58. The van der Waals surface area contributed by atoms with E-state index < -0.39 is 12.0 Å². The van der Waals surface area contributed by atoms with Crippen LogP contribution in [0.5, 0.6) is 0 Å². The van der Waals surface area contributed by atoms with E-state index in [1.165, 1.54) is 6.07 Å². The Labute approximate surface area is 171 Å². The number of aromatic nitrogens is 5. The van der Waals surface area contributed by atoms with Gasteiger partial charge in [-0.15, -0.1) is 0 Å². The van der Waals surface area contributed by atoms with Gasteiger partial charge < -0.3 is 10.8 Å². The highest BCUT2D eigenvalue weighted by Gasteiger charge is 2.34. The third kappa shape index (κ3) is 3.02. The van der Waals surface area contributed by atoms with Crippen LogP contribution in [0.1, 0.15) is 23.6 Å². The molecule has 0 saturated carbocycles. The minimum Gasteiger partial charge on any atom is -0.381 e. The molecule has 4 aromatic rings. The smallest absolute Gasteiger partial charge is 0.270 e. The van der Waals surface area contributed by atoms with Gasteiger partial charge in [0.2, 0.25) is 0 Å². The van der Waals surface area contributed by atoms with E-state index in [9.17, 15) is 13.9 Å². The molecule has 1 unspecified atom stereocenters. The second-order valence-corrected chi connectivity index (χ2v) is 7.63. The van der Waals surface area contributed by atoms with E-state index in [0.29, 0.717) is 22.6 Å². The molecule has 0 saturated heterocycles. The summed E-state index contributed by atoms with van der Waals surface area (Å²) in [4.78, 5) is 8.84. The van der Waals surface area contributed by atoms with E-state index >= 15 is 0 Å². The van der Waals surface area contributed by atoms with Crippen molar-refractivity contribution in [2.24, 2.45) is 7.05 Å². The second kappa shape index (κ2) is 6.88. The summed E-state index contributed by atoms with van der Waals surface area (Å²) in [5.74, 6) is 0.243. The number of rotatable bonds is 4. The number of alkyl halides is 2. The van der Waals surface area contributed by atoms with Gasteiger partial charge in [0.05, 0.1) is 23.8 Å². The zero-order valence-corrected chi connectivity index (χ0v) is 17.1. The number of aryl methyl sites for hydroxylation is 3. The van der Waals surface area contributed by atoms with Crippen LogP contribution < -0.4 is 5.73 Å². The van der Waals surface area contributed by atoms with Crippen molar-refractivity contribution in [2.45, 2.75) is 32.8 Å². The van der Waals surface area contributed by atoms with Crippen LogP contribution in [-0.2, 0) is 12.6 Å². The van der Waals surface area contributed by atoms with Gasteiger partial charge in [-0.3, -0.25) is 9.08 Å². The molecule has 3 aromatic heterocycles. The first-order valence-electron chi connectivity index (χ1n) is 9.35. The van der Waals surface area contributed by atoms with E-state index in [1.807, 2.05) is 20.9 Å². The molecule has 3 N–H and O–H groups in total. The molecule has 0 amide bonds. The molecule has 0 spiro atoms. The van der Waals surface area contributed by atoms with Crippen molar-refractivity contribution >= 4 is 11.5 Å². The number of aliphatic hydroxyl groups is 1. The number of nitrogen functional groups attached to an aromatic ring is 1. The van der Waals surface area contributed by atoms with Gasteiger partial charge in [0.15, 0.2) is 11.5 Å². The fraction of sp³-hybridized carbons (Fsp3) is 0.286. The molecule has 0 bridgehead atoms. The summed E-state index contributed by atoms with van der Waals surface area (Å²) < 4.78 is 30.2. The van der Waals surface area contributed by atoms with Gasteiger partial charge >= 0.3 is 0 Å². The average molecular weight is 412 g/mol. The lowest BCUT2D eigenvalue weighted by atomic mass is 9.92. The molecule has 0 radical (unpaired) electrons. The van der Waals surface area contributed by atoms with Crippen molar-refractivity contribution in [1.29, 1.82) is 0 Å². The van der Waals surface area contributed by atoms with E-state index in [0.717, 1.165) is 23.7 Å². The highest BCUT2D eigenvalue weighted by Crippen LogP contribution is 2.34. The summed E-state index contributed by atoms with van der Waals surface area (Å²) in [6.45, 7) is 4.90. The molecule has 0 aliphatic rings. The zero-order valence-electron chi connectivity index (χ0n) is 17.1. The Hall–Kier alpha value is -3.33. The number of nitrogens with zero attached hydrogens (tertiary/aromatic N) is 5. The number of benzene rings is 1. The quantitative estimate of drug-likeness (QED) is 0.535. The van der Waals surface area contributed by atoms with Crippen molar-refractivity contribution in [1.82, 2.24) is 24.1 Å². The van der Waals surface area contributed by atoms with E-state index in [2.05, 4.69) is 15.1 Å². The average Bonchev–Trinajstić information content (AvgIpc) is 3.25. The van der Waals surface area contributed by atoms with Gasteiger partial charge in [-0.25, -0.2) is 18.7 Å². The lowest BCUT2D eigenvalue weighted by molar-refractivity contribution is -0.0883. The number of halogens is 2. The molecule has 156 valence electrons. The molecule has 0 aliphatic carbocycles. The molecule has 1 aromatic carbocycles. The largest absolute Gasteiger partial charge is 0.381 e. The number of imidazole rings is 1. The van der Waals surface area contributed by atoms with Crippen LogP contribution in [0.2, 0.25) is 0 Å². The molecule has 9 heteroatoms. The first-order valence-corrected chi connectivity index (χ1v) is 9.35. The van der Waals surface area contributed by atoms with Crippen molar-refractivity contribution in [3.8, 4) is 22.6 Å². The van der Waals surface area contributed by atoms with Gasteiger partial charge in [0.25, 0.3) is 6.43 Å². The summed E-state index contributed by atoms with van der Waals surface area (Å²) >= 11 is 0. The maximum absolute atomic E-state index is 13.4. The molecular weight excluding hydrogens is 390 g/mol. The molecule has 1 atom stereocenters. The Morgan fingerprint density at radius 2 is 1.90 bits per heavy atom. The first kappa shape index (κ1) is 20.0. The lowest BCUT2D eigenvalue weighted by Crippen LogP contribution is -2.30. The third-order valence-corrected chi connectivity index (χ3v) is 5.41. The highest BCUT2D eigenvalue weighted by molar-refractivity contribution is 5.74. The van der Waals surface area contributed by atoms with Crippen molar-refractivity contribution in [2.75, 3.05) is 5.73 Å². The van der Waals surface area contributed by atoms with E-state index in [-0.39, 0.29) is 11.4 Å². The first-order chi connectivity index (χ1) is 14.1. The third-order valence-electron chi connectivity index (χ3n) is 5.41. The predicted octanol–water partition coefficient (Wildman–Crippen LogP) is 3.47. The Kier molecular flexibility index (Phi) is 4.58. The van der Waals surface area contributed by atoms with Gasteiger partial charge in [-0.1, -0.05) is 12.1 Å². The minimum atomic E-state index is -2.92. The lowest BCUT2D eigenvalue weighted by Gasteiger charge is -2.23. The highest BCUT2D eigenvalue weighted by atomic mass is 19.3. The topological polar surface area (TPSA) is 94.3 Å². The van der Waals surface area contributed by atoms with Crippen molar-refractivity contribution < 1.29 is 13.9 Å². The van der Waals surface area contributed by atoms with Crippen LogP contribution in [0, 0.1) is 13.8 Å². The van der Waals surface area contributed by atoms with Gasteiger partial charge in [0, 0.05) is 18.8 Å². The second-order valence-electron chi connectivity index (χ2n) is 7.63. The Morgan fingerprint density at radius 1 is 1.17 bits per heavy atom. The number of nitrogens with two attached hydrogens (primary N) is 1. The number of hydrogen-bond donors (Lipinski definition) is 2. The fourth-order valence-corrected chi connectivity index (χ4v) is 3.58. The molecule has 7 nitrogen and oxygen atoms in total. The van der Waals surface area contributed by atoms with Crippen LogP contribution >= 0.6 is 0 Å². The number of fused-ring (bicyclic) bond motifs is 1. The number of anilines is 1. The van der Waals surface area contributed by atoms with Crippen molar-refractivity contribution in [3.63, 3.8) is 0 Å². The predicted molar refractivity (Wildman–Crippen MR) is 110 cm³/mol.